The summed E-state index contributed by atoms with van der Waals surface area (Å²) in [5.74, 6) is 1.03. The Morgan fingerprint density at radius 1 is 1.19 bits per heavy atom. The number of imide groups is 1. The number of ether oxygens (including phenoxy) is 2. The summed E-state index contributed by atoms with van der Waals surface area (Å²) in [6, 6.07) is 4.91. The monoisotopic (exact) mass is 290 g/mol. The highest BCUT2D eigenvalue weighted by Gasteiger charge is 2.46. The molecule has 2 amide bonds. The number of methoxy groups -OCH3 is 2. The molecule has 1 aromatic rings. The van der Waals surface area contributed by atoms with Gasteiger partial charge in [-0.2, -0.15) is 0 Å². The molecule has 1 heterocycles. The highest BCUT2D eigenvalue weighted by molar-refractivity contribution is 6.07. The van der Waals surface area contributed by atoms with Gasteiger partial charge in [0, 0.05) is 12.1 Å². The standard InChI is InChI=1S/C15H18N2O4/c1-20-10-5-6-11(13(7-10)21-2)16-12-8-14(18)17(15(12)19)9-3-4-9/h5-7,9,12,16H,3-4,8H2,1-2H3. The molecule has 112 valence electrons. The smallest absolute Gasteiger partial charge is 0.252 e. The average molecular weight is 290 g/mol. The predicted molar refractivity (Wildman–Crippen MR) is 76.4 cm³/mol. The second-order valence-corrected chi connectivity index (χ2v) is 5.30. The average Bonchev–Trinajstić information content (AvgIpc) is 3.27. The van der Waals surface area contributed by atoms with Crippen LogP contribution in [0.5, 0.6) is 11.5 Å². The SMILES string of the molecule is COc1ccc(NC2CC(=O)N(C3CC3)C2=O)c(OC)c1. The topological polar surface area (TPSA) is 67.9 Å². The molecule has 2 aliphatic rings. The molecule has 0 spiro atoms. The van der Waals surface area contributed by atoms with E-state index < -0.39 is 6.04 Å². The number of likely N-dealkylation sites (tertiary alicyclic amines) is 1. The number of nitrogens with one attached hydrogen (secondary N) is 1. The zero-order chi connectivity index (χ0) is 15.0. The summed E-state index contributed by atoms with van der Waals surface area (Å²) in [6.45, 7) is 0. The first-order valence-corrected chi connectivity index (χ1v) is 6.98. The molecule has 1 saturated heterocycles. The second-order valence-electron chi connectivity index (χ2n) is 5.30. The predicted octanol–water partition coefficient (Wildman–Crippen LogP) is 1.41. The van der Waals surface area contributed by atoms with Crippen molar-refractivity contribution < 1.29 is 19.1 Å². The minimum atomic E-state index is -0.514. The van der Waals surface area contributed by atoms with Gasteiger partial charge in [-0.25, -0.2) is 0 Å². The molecule has 0 radical (unpaired) electrons. The number of carbonyl (C=O) groups is 2. The van der Waals surface area contributed by atoms with E-state index in [-0.39, 0.29) is 24.3 Å². The fraction of sp³-hybridized carbons (Fsp3) is 0.467. The Morgan fingerprint density at radius 2 is 1.95 bits per heavy atom. The van der Waals surface area contributed by atoms with E-state index in [0.717, 1.165) is 12.8 Å². The molecule has 1 aliphatic carbocycles. The number of anilines is 1. The van der Waals surface area contributed by atoms with Crippen LogP contribution in [0.25, 0.3) is 0 Å². The molecule has 0 bridgehead atoms. The quantitative estimate of drug-likeness (QED) is 0.830. The zero-order valence-corrected chi connectivity index (χ0v) is 12.1. The first-order chi connectivity index (χ1) is 10.1. The summed E-state index contributed by atoms with van der Waals surface area (Å²) < 4.78 is 10.4. The molecule has 1 unspecified atom stereocenters. The van der Waals surface area contributed by atoms with Crippen molar-refractivity contribution in [3.8, 4) is 11.5 Å². The van der Waals surface area contributed by atoms with Gasteiger partial charge in [0.25, 0.3) is 5.91 Å². The normalized spacial score (nSPS) is 21.6. The van der Waals surface area contributed by atoms with Crippen LogP contribution in [-0.2, 0) is 9.59 Å². The van der Waals surface area contributed by atoms with Crippen molar-refractivity contribution in [3.63, 3.8) is 0 Å². The van der Waals surface area contributed by atoms with Gasteiger partial charge < -0.3 is 14.8 Å². The number of hydrogen-bond acceptors (Lipinski definition) is 5. The molecule has 6 nitrogen and oxygen atoms in total. The fourth-order valence-corrected chi connectivity index (χ4v) is 2.59. The van der Waals surface area contributed by atoms with E-state index in [1.54, 1.807) is 32.4 Å². The van der Waals surface area contributed by atoms with Crippen LogP contribution in [0.4, 0.5) is 5.69 Å². The Kier molecular flexibility index (Phi) is 3.45. The Bertz CT molecular complexity index is 583. The minimum absolute atomic E-state index is 0.0903. The van der Waals surface area contributed by atoms with Gasteiger partial charge in [0.05, 0.1) is 26.3 Å². The Morgan fingerprint density at radius 3 is 2.57 bits per heavy atom. The summed E-state index contributed by atoms with van der Waals surface area (Å²) in [5.41, 5.74) is 0.682. The molecule has 1 N–H and O–H groups in total. The molecule has 1 atom stereocenters. The van der Waals surface area contributed by atoms with Crippen molar-refractivity contribution in [3.05, 3.63) is 18.2 Å². The molecule has 1 saturated carbocycles. The fourth-order valence-electron chi connectivity index (χ4n) is 2.59. The van der Waals surface area contributed by atoms with Gasteiger partial charge >= 0.3 is 0 Å². The summed E-state index contributed by atoms with van der Waals surface area (Å²) in [4.78, 5) is 25.6. The van der Waals surface area contributed by atoms with Gasteiger partial charge in [0.1, 0.15) is 17.5 Å². The van der Waals surface area contributed by atoms with Crippen LogP contribution in [0.2, 0.25) is 0 Å². The third kappa shape index (κ3) is 2.53. The maximum atomic E-state index is 12.3. The van der Waals surface area contributed by atoms with Crippen molar-refractivity contribution >= 4 is 17.5 Å². The van der Waals surface area contributed by atoms with Crippen molar-refractivity contribution in [1.29, 1.82) is 0 Å². The van der Waals surface area contributed by atoms with Crippen LogP contribution < -0.4 is 14.8 Å². The molecule has 0 aromatic heterocycles. The minimum Gasteiger partial charge on any atom is -0.497 e. The number of carbonyl (C=O) groups excluding carboxylic acids is 2. The summed E-state index contributed by atoms with van der Waals surface area (Å²) in [7, 11) is 3.13. The first-order valence-electron chi connectivity index (χ1n) is 6.98. The van der Waals surface area contributed by atoms with E-state index in [2.05, 4.69) is 5.32 Å². The van der Waals surface area contributed by atoms with Crippen LogP contribution in [-0.4, -0.2) is 43.0 Å². The lowest BCUT2D eigenvalue weighted by Gasteiger charge is -2.17. The molecule has 1 aliphatic heterocycles. The Balaban J connectivity index is 1.77. The van der Waals surface area contributed by atoms with Crippen LogP contribution in [0.3, 0.4) is 0 Å². The number of benzene rings is 1. The van der Waals surface area contributed by atoms with E-state index in [1.165, 1.54) is 4.90 Å². The van der Waals surface area contributed by atoms with Crippen LogP contribution in [0.15, 0.2) is 18.2 Å². The van der Waals surface area contributed by atoms with Crippen LogP contribution >= 0.6 is 0 Å². The van der Waals surface area contributed by atoms with Crippen molar-refractivity contribution in [1.82, 2.24) is 4.90 Å². The van der Waals surface area contributed by atoms with E-state index in [9.17, 15) is 9.59 Å². The number of amides is 2. The van der Waals surface area contributed by atoms with Crippen molar-refractivity contribution in [2.45, 2.75) is 31.3 Å². The molecular formula is C15H18N2O4. The molecular weight excluding hydrogens is 272 g/mol. The highest BCUT2D eigenvalue weighted by atomic mass is 16.5. The van der Waals surface area contributed by atoms with Crippen molar-refractivity contribution in [2.75, 3.05) is 19.5 Å². The van der Waals surface area contributed by atoms with Crippen LogP contribution in [0.1, 0.15) is 19.3 Å². The third-order valence-electron chi connectivity index (χ3n) is 3.83. The van der Waals surface area contributed by atoms with Gasteiger partial charge in [-0.1, -0.05) is 0 Å². The molecule has 2 fully saturated rings. The van der Waals surface area contributed by atoms with Gasteiger partial charge in [-0.3, -0.25) is 14.5 Å². The summed E-state index contributed by atoms with van der Waals surface area (Å²) in [5, 5.41) is 3.11. The summed E-state index contributed by atoms with van der Waals surface area (Å²) in [6.07, 6.45) is 2.05. The number of hydrogen-bond donors (Lipinski definition) is 1. The maximum absolute atomic E-state index is 12.3. The molecule has 1 aromatic carbocycles. The van der Waals surface area contributed by atoms with Crippen molar-refractivity contribution in [2.24, 2.45) is 0 Å². The highest BCUT2D eigenvalue weighted by Crippen LogP contribution is 2.34. The van der Waals surface area contributed by atoms with Gasteiger partial charge in [-0.05, 0) is 25.0 Å². The number of rotatable bonds is 5. The zero-order valence-electron chi connectivity index (χ0n) is 12.1. The molecule has 3 rings (SSSR count). The lowest BCUT2D eigenvalue weighted by Crippen LogP contribution is -2.36. The third-order valence-corrected chi connectivity index (χ3v) is 3.83. The lowest BCUT2D eigenvalue weighted by atomic mass is 10.2. The first kappa shape index (κ1) is 13.7. The Labute approximate surface area is 123 Å². The van der Waals surface area contributed by atoms with Crippen LogP contribution in [0, 0.1) is 0 Å². The van der Waals surface area contributed by atoms with E-state index in [4.69, 9.17) is 9.47 Å². The van der Waals surface area contributed by atoms with E-state index >= 15 is 0 Å². The largest absolute Gasteiger partial charge is 0.497 e. The number of nitrogens with zero attached hydrogens (tertiary/aromatic N) is 1. The molecule has 21 heavy (non-hydrogen) atoms. The van der Waals surface area contributed by atoms with Gasteiger partial charge in [0.2, 0.25) is 5.91 Å². The maximum Gasteiger partial charge on any atom is 0.252 e. The Hall–Kier alpha value is -2.24. The second kappa shape index (κ2) is 5.27. The lowest BCUT2D eigenvalue weighted by molar-refractivity contribution is -0.139. The van der Waals surface area contributed by atoms with E-state index in [1.807, 2.05) is 0 Å². The van der Waals surface area contributed by atoms with Gasteiger partial charge in [-0.15, -0.1) is 0 Å². The summed E-state index contributed by atoms with van der Waals surface area (Å²) >= 11 is 0. The van der Waals surface area contributed by atoms with E-state index in [0.29, 0.717) is 17.2 Å². The molecule has 6 heteroatoms. The van der Waals surface area contributed by atoms with Gasteiger partial charge in [0.15, 0.2) is 0 Å².